The van der Waals surface area contributed by atoms with Crippen molar-refractivity contribution in [2.24, 2.45) is 0 Å². The second kappa shape index (κ2) is 7.30. The van der Waals surface area contributed by atoms with Crippen molar-refractivity contribution in [1.29, 1.82) is 0 Å². The normalized spacial score (nSPS) is 14.4. The van der Waals surface area contributed by atoms with Crippen molar-refractivity contribution < 1.29 is 18.4 Å². The summed E-state index contributed by atoms with van der Waals surface area (Å²) in [6, 6.07) is 7.57. The van der Waals surface area contributed by atoms with Crippen LogP contribution in [0.15, 0.2) is 53.5 Å². The van der Waals surface area contributed by atoms with Crippen molar-refractivity contribution in [2.75, 3.05) is 26.2 Å². The maximum Gasteiger partial charge on any atom is 0.257 e. The van der Waals surface area contributed by atoms with Crippen LogP contribution in [0.4, 0.5) is 4.39 Å². The number of carbonyl (C=O) groups excluding carboxylic acids is 2. The molecule has 1 aliphatic rings. The summed E-state index contributed by atoms with van der Waals surface area (Å²) >= 11 is 0. The van der Waals surface area contributed by atoms with Gasteiger partial charge in [-0.2, -0.15) is 5.10 Å². The van der Waals surface area contributed by atoms with E-state index in [9.17, 15) is 14.0 Å². The second-order valence-electron chi connectivity index (χ2n) is 6.63. The third-order valence-corrected chi connectivity index (χ3v) is 4.93. The van der Waals surface area contributed by atoms with E-state index < -0.39 is 0 Å². The molecule has 2 aromatic heterocycles. The molecule has 3 aromatic rings. The van der Waals surface area contributed by atoms with E-state index >= 15 is 0 Å². The molecule has 0 saturated carbocycles. The quantitative estimate of drug-likeness (QED) is 0.698. The fourth-order valence-corrected chi connectivity index (χ4v) is 3.31. The Labute approximate surface area is 161 Å². The summed E-state index contributed by atoms with van der Waals surface area (Å²) in [5, 5.41) is 4.28. The van der Waals surface area contributed by atoms with E-state index in [4.69, 9.17) is 4.42 Å². The highest BCUT2D eigenvalue weighted by molar-refractivity contribution is 5.96. The highest BCUT2D eigenvalue weighted by Gasteiger charge is 2.27. The number of furan rings is 1. The molecule has 1 fully saturated rings. The van der Waals surface area contributed by atoms with Gasteiger partial charge in [-0.1, -0.05) is 0 Å². The fourth-order valence-electron chi connectivity index (χ4n) is 3.31. The maximum absolute atomic E-state index is 13.1. The molecule has 0 spiro atoms. The van der Waals surface area contributed by atoms with Crippen molar-refractivity contribution in [3.8, 4) is 5.69 Å². The first-order valence-corrected chi connectivity index (χ1v) is 8.96. The van der Waals surface area contributed by atoms with E-state index in [2.05, 4.69) is 5.10 Å². The van der Waals surface area contributed by atoms with Gasteiger partial charge in [-0.3, -0.25) is 9.59 Å². The van der Waals surface area contributed by atoms with Crippen LogP contribution in [0.1, 0.15) is 26.4 Å². The lowest BCUT2D eigenvalue weighted by atomic mass is 10.2. The highest BCUT2D eigenvalue weighted by Crippen LogP contribution is 2.18. The first-order chi connectivity index (χ1) is 13.5. The van der Waals surface area contributed by atoms with Gasteiger partial charge >= 0.3 is 0 Å². The van der Waals surface area contributed by atoms with Gasteiger partial charge in [0, 0.05) is 26.2 Å². The molecule has 7 nitrogen and oxygen atoms in total. The van der Waals surface area contributed by atoms with E-state index in [1.807, 2.05) is 6.92 Å². The average Bonchev–Trinajstić information content (AvgIpc) is 3.38. The molecule has 28 heavy (non-hydrogen) atoms. The minimum atomic E-state index is -0.326. The molecule has 1 aliphatic heterocycles. The number of hydrogen-bond donors (Lipinski definition) is 0. The van der Waals surface area contributed by atoms with Crippen molar-refractivity contribution in [3.63, 3.8) is 0 Å². The van der Waals surface area contributed by atoms with Crippen LogP contribution in [-0.2, 0) is 0 Å². The molecule has 0 unspecified atom stereocenters. The molecule has 8 heteroatoms. The standard InChI is InChI=1S/C20H19FN4O3/c1-14-18(12-22-25(14)17-4-2-16(21)3-5-17)20(27)24-9-7-23(8-10-24)19(26)15-6-11-28-13-15/h2-6,11-13H,7-10H2,1H3. The molecule has 0 N–H and O–H groups in total. The molecule has 1 saturated heterocycles. The Morgan fingerprint density at radius 2 is 1.64 bits per heavy atom. The Morgan fingerprint density at radius 1 is 1.00 bits per heavy atom. The van der Waals surface area contributed by atoms with Gasteiger partial charge in [0.15, 0.2) is 0 Å². The number of aromatic nitrogens is 2. The summed E-state index contributed by atoms with van der Waals surface area (Å²) in [5.41, 5.74) is 2.39. The Bertz CT molecular complexity index is 987. The van der Waals surface area contributed by atoms with Crippen LogP contribution in [0.25, 0.3) is 5.69 Å². The first-order valence-electron chi connectivity index (χ1n) is 8.96. The Kier molecular flexibility index (Phi) is 4.68. The smallest absolute Gasteiger partial charge is 0.257 e. The van der Waals surface area contributed by atoms with Crippen LogP contribution in [0, 0.1) is 12.7 Å². The van der Waals surface area contributed by atoms with Gasteiger partial charge in [0.2, 0.25) is 0 Å². The van der Waals surface area contributed by atoms with Crippen LogP contribution in [0.2, 0.25) is 0 Å². The van der Waals surface area contributed by atoms with Gasteiger partial charge in [-0.05, 0) is 37.3 Å². The number of halogens is 1. The number of nitrogens with zero attached hydrogens (tertiary/aromatic N) is 4. The molecule has 3 heterocycles. The van der Waals surface area contributed by atoms with Crippen molar-refractivity contribution >= 4 is 11.8 Å². The van der Waals surface area contributed by atoms with Gasteiger partial charge in [-0.25, -0.2) is 9.07 Å². The summed E-state index contributed by atoms with van der Waals surface area (Å²) in [6.07, 6.45) is 4.42. The lowest BCUT2D eigenvalue weighted by molar-refractivity contribution is 0.0534. The third-order valence-electron chi connectivity index (χ3n) is 4.93. The lowest BCUT2D eigenvalue weighted by Crippen LogP contribution is -2.50. The molecular weight excluding hydrogens is 363 g/mol. The monoisotopic (exact) mass is 382 g/mol. The summed E-state index contributed by atoms with van der Waals surface area (Å²) in [6.45, 7) is 3.62. The van der Waals surface area contributed by atoms with Crippen LogP contribution >= 0.6 is 0 Å². The average molecular weight is 382 g/mol. The fraction of sp³-hybridized carbons (Fsp3) is 0.250. The SMILES string of the molecule is Cc1c(C(=O)N2CCN(C(=O)c3ccoc3)CC2)cnn1-c1ccc(F)cc1. The minimum Gasteiger partial charge on any atom is -0.472 e. The minimum absolute atomic E-state index is 0.0961. The molecule has 0 bridgehead atoms. The number of carbonyl (C=O) groups is 2. The van der Waals surface area contributed by atoms with E-state index in [0.29, 0.717) is 48.7 Å². The Morgan fingerprint density at radius 3 is 2.25 bits per heavy atom. The van der Waals surface area contributed by atoms with E-state index in [-0.39, 0.29) is 17.6 Å². The highest BCUT2D eigenvalue weighted by atomic mass is 19.1. The molecular formula is C20H19FN4O3. The van der Waals surface area contributed by atoms with Gasteiger partial charge in [0.25, 0.3) is 11.8 Å². The number of amides is 2. The Hall–Kier alpha value is -3.42. The summed E-state index contributed by atoms with van der Waals surface area (Å²) < 4.78 is 19.7. The van der Waals surface area contributed by atoms with Gasteiger partial charge in [0.1, 0.15) is 12.1 Å². The summed E-state index contributed by atoms with van der Waals surface area (Å²) in [4.78, 5) is 28.7. The number of hydrogen-bond acceptors (Lipinski definition) is 4. The van der Waals surface area contributed by atoms with E-state index in [0.717, 1.165) is 0 Å². The van der Waals surface area contributed by atoms with Crippen LogP contribution < -0.4 is 0 Å². The molecule has 0 aliphatic carbocycles. The zero-order valence-electron chi connectivity index (χ0n) is 15.3. The topological polar surface area (TPSA) is 71.6 Å². The zero-order chi connectivity index (χ0) is 19.7. The van der Waals surface area contributed by atoms with Crippen LogP contribution in [0.3, 0.4) is 0 Å². The van der Waals surface area contributed by atoms with Crippen molar-refractivity contribution in [1.82, 2.24) is 19.6 Å². The van der Waals surface area contributed by atoms with Crippen molar-refractivity contribution in [2.45, 2.75) is 6.92 Å². The maximum atomic E-state index is 13.1. The second-order valence-corrected chi connectivity index (χ2v) is 6.63. The zero-order valence-corrected chi connectivity index (χ0v) is 15.3. The van der Waals surface area contributed by atoms with Crippen molar-refractivity contribution in [3.05, 3.63) is 71.7 Å². The predicted octanol–water partition coefficient (Wildman–Crippen LogP) is 2.51. The van der Waals surface area contributed by atoms with Gasteiger partial charge in [-0.15, -0.1) is 0 Å². The molecule has 144 valence electrons. The van der Waals surface area contributed by atoms with E-state index in [1.165, 1.54) is 30.9 Å². The molecule has 1 aromatic carbocycles. The van der Waals surface area contributed by atoms with Crippen LogP contribution in [0.5, 0.6) is 0 Å². The molecule has 2 amide bonds. The Balaban J connectivity index is 1.44. The first kappa shape index (κ1) is 18.0. The third kappa shape index (κ3) is 3.28. The van der Waals surface area contributed by atoms with Crippen LogP contribution in [-0.4, -0.2) is 57.6 Å². The molecule has 0 atom stereocenters. The summed E-state index contributed by atoms with van der Waals surface area (Å²) in [7, 11) is 0. The number of benzene rings is 1. The molecule has 4 rings (SSSR count). The number of piperazine rings is 1. The van der Waals surface area contributed by atoms with E-state index in [1.54, 1.807) is 32.7 Å². The van der Waals surface area contributed by atoms with Gasteiger partial charge < -0.3 is 14.2 Å². The largest absolute Gasteiger partial charge is 0.472 e. The van der Waals surface area contributed by atoms with Gasteiger partial charge in [0.05, 0.1) is 35.0 Å². The predicted molar refractivity (Wildman–Crippen MR) is 98.8 cm³/mol. The molecule has 0 radical (unpaired) electrons. The summed E-state index contributed by atoms with van der Waals surface area (Å²) in [5.74, 6) is -0.546. The number of rotatable bonds is 3. The lowest BCUT2D eigenvalue weighted by Gasteiger charge is -2.34.